The molecule has 1 aromatic rings. The van der Waals surface area contributed by atoms with Crippen LogP contribution in [0.15, 0.2) is 30.3 Å². The van der Waals surface area contributed by atoms with E-state index in [1.807, 2.05) is 6.07 Å². The lowest BCUT2D eigenvalue weighted by Crippen LogP contribution is -2.49. The van der Waals surface area contributed by atoms with Gasteiger partial charge in [0.25, 0.3) is 10.1 Å². The second-order valence-electron chi connectivity index (χ2n) is 5.64. The molecule has 1 atom stereocenters. The molecule has 122 valence electrons. The second kappa shape index (κ2) is 6.18. The van der Waals surface area contributed by atoms with E-state index in [1.165, 1.54) is 0 Å². The van der Waals surface area contributed by atoms with Crippen LogP contribution >= 0.6 is 0 Å². The third kappa shape index (κ3) is 4.38. The Bertz CT molecular complexity index is 663. The molecule has 0 aromatic heterocycles. The molecule has 0 aliphatic carbocycles. The van der Waals surface area contributed by atoms with Crippen molar-refractivity contribution in [2.45, 2.75) is 38.9 Å². The molecule has 0 fully saturated rings. The van der Waals surface area contributed by atoms with Gasteiger partial charge in [-0.1, -0.05) is 30.3 Å². The summed E-state index contributed by atoms with van der Waals surface area (Å²) in [6, 6.07) is 8.89. The van der Waals surface area contributed by atoms with E-state index in [9.17, 15) is 18.0 Å². The summed E-state index contributed by atoms with van der Waals surface area (Å²) in [4.78, 5) is 24.1. The Hall–Kier alpha value is -1.73. The SMILES string of the molecule is CC(=O)C(C)(OS(C)(=O)=O)C(=O)OC(C)(C)c1ccccc1. The highest BCUT2D eigenvalue weighted by atomic mass is 32.2. The van der Waals surface area contributed by atoms with Gasteiger partial charge < -0.3 is 4.74 Å². The van der Waals surface area contributed by atoms with E-state index in [0.717, 1.165) is 20.1 Å². The van der Waals surface area contributed by atoms with Crippen molar-refractivity contribution in [2.75, 3.05) is 6.26 Å². The van der Waals surface area contributed by atoms with Crippen LogP contribution in [0.3, 0.4) is 0 Å². The second-order valence-corrected chi connectivity index (χ2v) is 7.22. The van der Waals surface area contributed by atoms with Crippen LogP contribution < -0.4 is 0 Å². The maximum absolute atomic E-state index is 12.3. The first-order valence-corrected chi connectivity index (χ1v) is 8.41. The number of Topliss-reactive ketones (excluding diaryl/α,β-unsaturated/α-hetero) is 1. The number of carbonyl (C=O) groups is 2. The molecule has 22 heavy (non-hydrogen) atoms. The lowest BCUT2D eigenvalue weighted by atomic mass is 9.97. The van der Waals surface area contributed by atoms with Crippen LogP contribution in [-0.4, -0.2) is 32.0 Å². The van der Waals surface area contributed by atoms with Crippen molar-refractivity contribution in [3.05, 3.63) is 35.9 Å². The molecule has 0 N–H and O–H groups in total. The molecule has 0 aliphatic rings. The average Bonchev–Trinajstić information content (AvgIpc) is 2.37. The molecule has 0 bridgehead atoms. The molecule has 0 saturated carbocycles. The molecule has 6 nitrogen and oxygen atoms in total. The van der Waals surface area contributed by atoms with E-state index in [2.05, 4.69) is 4.18 Å². The smallest absolute Gasteiger partial charge is 0.348 e. The minimum atomic E-state index is -4.01. The van der Waals surface area contributed by atoms with E-state index in [1.54, 1.807) is 38.1 Å². The van der Waals surface area contributed by atoms with Crippen molar-refractivity contribution < 1.29 is 26.9 Å². The van der Waals surface area contributed by atoms with Gasteiger partial charge >= 0.3 is 5.97 Å². The summed E-state index contributed by atoms with van der Waals surface area (Å²) in [5, 5.41) is 0. The summed E-state index contributed by atoms with van der Waals surface area (Å²) in [6.45, 7) is 5.43. The van der Waals surface area contributed by atoms with Gasteiger partial charge in [-0.3, -0.25) is 4.79 Å². The highest BCUT2D eigenvalue weighted by Gasteiger charge is 2.46. The third-order valence-corrected chi connectivity index (χ3v) is 3.83. The summed E-state index contributed by atoms with van der Waals surface area (Å²) >= 11 is 0. The molecule has 1 unspecified atom stereocenters. The molecule has 0 amide bonds. The number of hydrogen-bond acceptors (Lipinski definition) is 6. The van der Waals surface area contributed by atoms with Gasteiger partial charge in [-0.25, -0.2) is 8.98 Å². The van der Waals surface area contributed by atoms with E-state index in [-0.39, 0.29) is 0 Å². The molecule has 1 rings (SSSR count). The zero-order valence-electron chi connectivity index (χ0n) is 13.2. The minimum Gasteiger partial charge on any atom is -0.452 e. The zero-order chi connectivity index (χ0) is 17.2. The third-order valence-electron chi connectivity index (χ3n) is 3.20. The fourth-order valence-corrected chi connectivity index (χ4v) is 2.56. The van der Waals surface area contributed by atoms with Gasteiger partial charge in [-0.05, 0) is 33.3 Å². The van der Waals surface area contributed by atoms with Gasteiger partial charge in [0, 0.05) is 0 Å². The van der Waals surface area contributed by atoms with Crippen LogP contribution in [0.1, 0.15) is 33.3 Å². The van der Waals surface area contributed by atoms with E-state index in [4.69, 9.17) is 4.74 Å². The molecule has 0 saturated heterocycles. The van der Waals surface area contributed by atoms with Crippen molar-refractivity contribution in [2.24, 2.45) is 0 Å². The van der Waals surface area contributed by atoms with E-state index < -0.39 is 33.1 Å². The van der Waals surface area contributed by atoms with Crippen LogP contribution in [0.4, 0.5) is 0 Å². The number of benzene rings is 1. The summed E-state index contributed by atoms with van der Waals surface area (Å²) in [6.07, 6.45) is 0.768. The predicted molar refractivity (Wildman–Crippen MR) is 80.6 cm³/mol. The van der Waals surface area contributed by atoms with Crippen molar-refractivity contribution in [1.29, 1.82) is 0 Å². The maximum atomic E-state index is 12.3. The number of ketones is 1. The molecule has 0 aliphatic heterocycles. The van der Waals surface area contributed by atoms with Gasteiger partial charge in [-0.15, -0.1) is 0 Å². The van der Waals surface area contributed by atoms with Crippen LogP contribution in [0.25, 0.3) is 0 Å². The monoisotopic (exact) mass is 328 g/mol. The van der Waals surface area contributed by atoms with E-state index in [0.29, 0.717) is 5.56 Å². The van der Waals surface area contributed by atoms with Crippen LogP contribution in [-0.2, 0) is 34.2 Å². The molecular weight excluding hydrogens is 308 g/mol. The number of carbonyl (C=O) groups excluding carboxylic acids is 2. The van der Waals surface area contributed by atoms with Crippen LogP contribution in [0, 0.1) is 0 Å². The largest absolute Gasteiger partial charge is 0.452 e. The Morgan fingerprint density at radius 1 is 1.05 bits per heavy atom. The molecule has 0 spiro atoms. The molecule has 7 heteroatoms. The first kappa shape index (κ1) is 18.3. The first-order chi connectivity index (χ1) is 9.88. The fourth-order valence-electron chi connectivity index (χ4n) is 1.77. The van der Waals surface area contributed by atoms with Crippen molar-refractivity contribution in [3.8, 4) is 0 Å². The lowest BCUT2D eigenvalue weighted by Gasteiger charge is -2.31. The molecule has 0 radical (unpaired) electrons. The fraction of sp³-hybridized carbons (Fsp3) is 0.467. The lowest BCUT2D eigenvalue weighted by molar-refractivity contribution is -0.177. The van der Waals surface area contributed by atoms with Crippen molar-refractivity contribution in [1.82, 2.24) is 0 Å². The summed E-state index contributed by atoms with van der Waals surface area (Å²) in [5.41, 5.74) is -2.55. The normalized spacial score (nSPS) is 15.0. The number of rotatable bonds is 6. The Kier molecular flexibility index (Phi) is 5.14. The molecule has 1 aromatic carbocycles. The van der Waals surface area contributed by atoms with Crippen molar-refractivity contribution >= 4 is 21.9 Å². The standard InChI is InChI=1S/C15H20O6S/c1-11(16)15(4,21-22(5,18)19)13(17)20-14(2,3)12-9-7-6-8-10-12/h6-10H,1-5H3. The number of ether oxygens (including phenoxy) is 1. The highest BCUT2D eigenvalue weighted by molar-refractivity contribution is 7.86. The summed E-state index contributed by atoms with van der Waals surface area (Å²) in [5.74, 6) is -1.81. The Morgan fingerprint density at radius 3 is 1.95 bits per heavy atom. The number of esters is 1. The van der Waals surface area contributed by atoms with Crippen LogP contribution in [0.5, 0.6) is 0 Å². The Morgan fingerprint density at radius 2 is 1.55 bits per heavy atom. The van der Waals surface area contributed by atoms with Gasteiger partial charge in [-0.2, -0.15) is 8.42 Å². The van der Waals surface area contributed by atoms with Gasteiger partial charge in [0.2, 0.25) is 5.60 Å². The van der Waals surface area contributed by atoms with Crippen LogP contribution in [0.2, 0.25) is 0 Å². The topological polar surface area (TPSA) is 86.7 Å². The Labute approximate surface area is 130 Å². The van der Waals surface area contributed by atoms with E-state index >= 15 is 0 Å². The summed E-state index contributed by atoms with van der Waals surface area (Å²) < 4.78 is 32.6. The quantitative estimate of drug-likeness (QED) is 0.449. The van der Waals surface area contributed by atoms with Gasteiger partial charge in [0.1, 0.15) is 5.60 Å². The minimum absolute atomic E-state index is 0.702. The molecule has 0 heterocycles. The highest BCUT2D eigenvalue weighted by Crippen LogP contribution is 2.28. The van der Waals surface area contributed by atoms with Gasteiger partial charge in [0.05, 0.1) is 6.26 Å². The molecular formula is C15H20O6S. The average molecular weight is 328 g/mol. The number of hydrogen-bond donors (Lipinski definition) is 0. The van der Waals surface area contributed by atoms with Gasteiger partial charge in [0.15, 0.2) is 5.78 Å². The van der Waals surface area contributed by atoms with Crippen molar-refractivity contribution in [3.63, 3.8) is 0 Å². The summed E-state index contributed by atoms with van der Waals surface area (Å²) in [7, 11) is -4.01. The zero-order valence-corrected chi connectivity index (χ0v) is 14.1. The predicted octanol–water partition coefficient (Wildman–Crippen LogP) is 1.79. The first-order valence-electron chi connectivity index (χ1n) is 6.59. The maximum Gasteiger partial charge on any atom is 0.348 e. The Balaban J connectivity index is 3.09.